The van der Waals surface area contributed by atoms with E-state index < -0.39 is 29.6 Å². The average molecular weight is 296 g/mol. The summed E-state index contributed by atoms with van der Waals surface area (Å²) in [7, 11) is 0. The zero-order chi connectivity index (χ0) is 13.3. The Balaban J connectivity index is 2.07. The minimum atomic E-state index is -1.29. The van der Waals surface area contributed by atoms with Crippen molar-refractivity contribution >= 4 is 23.4 Å². The summed E-state index contributed by atoms with van der Waals surface area (Å²) in [6.07, 6.45) is -2.35. The molecule has 1 fully saturated rings. The lowest BCUT2D eigenvalue weighted by Crippen LogP contribution is -2.50. The van der Waals surface area contributed by atoms with Crippen molar-refractivity contribution in [1.82, 2.24) is 4.98 Å². The number of aromatic nitrogens is 1. The lowest BCUT2D eigenvalue weighted by molar-refractivity contribution is -0.0786. The molecule has 1 saturated heterocycles. The quantitative estimate of drug-likeness (QED) is 0.686. The third-order valence-electron chi connectivity index (χ3n) is 2.48. The SMILES string of the molecule is O[C@@H]1[C@@H](O)[C@H](Oc2cnc(Cl)c(F)c2)SC[C@H]1O. The van der Waals surface area contributed by atoms with Crippen molar-refractivity contribution in [2.45, 2.75) is 23.7 Å². The Morgan fingerprint density at radius 3 is 2.78 bits per heavy atom. The Labute approximate surface area is 112 Å². The molecule has 0 saturated carbocycles. The maximum atomic E-state index is 13.1. The summed E-state index contributed by atoms with van der Waals surface area (Å²) in [5, 5.41) is 28.3. The summed E-state index contributed by atoms with van der Waals surface area (Å²) in [5.74, 6) is -0.422. The van der Waals surface area contributed by atoms with Crippen LogP contribution in [0, 0.1) is 5.82 Å². The molecule has 0 aliphatic carbocycles. The number of ether oxygens (including phenoxy) is 1. The van der Waals surface area contributed by atoms with Crippen LogP contribution in [0.25, 0.3) is 0 Å². The van der Waals surface area contributed by atoms with E-state index in [0.717, 1.165) is 17.8 Å². The van der Waals surface area contributed by atoms with Crippen molar-refractivity contribution in [2.75, 3.05) is 5.75 Å². The molecule has 1 aliphatic heterocycles. The first-order chi connectivity index (χ1) is 8.49. The van der Waals surface area contributed by atoms with E-state index in [0.29, 0.717) is 0 Å². The minimum absolute atomic E-state index is 0.0945. The van der Waals surface area contributed by atoms with Crippen LogP contribution in [0.2, 0.25) is 5.15 Å². The lowest BCUT2D eigenvalue weighted by Gasteiger charge is -2.34. The van der Waals surface area contributed by atoms with E-state index in [-0.39, 0.29) is 16.7 Å². The molecule has 8 heteroatoms. The first-order valence-corrected chi connectivity index (χ1v) is 6.55. The summed E-state index contributed by atoms with van der Waals surface area (Å²) >= 11 is 6.55. The highest BCUT2D eigenvalue weighted by Crippen LogP contribution is 2.29. The Kier molecular flexibility index (Phi) is 4.29. The van der Waals surface area contributed by atoms with Gasteiger partial charge in [0.15, 0.2) is 16.4 Å². The van der Waals surface area contributed by atoms with Crippen LogP contribution in [0.5, 0.6) is 5.75 Å². The van der Waals surface area contributed by atoms with Gasteiger partial charge < -0.3 is 20.1 Å². The fourth-order valence-electron chi connectivity index (χ4n) is 1.49. The first kappa shape index (κ1) is 13.8. The molecule has 0 radical (unpaired) electrons. The molecule has 100 valence electrons. The van der Waals surface area contributed by atoms with Gasteiger partial charge in [0.1, 0.15) is 18.0 Å². The van der Waals surface area contributed by atoms with Gasteiger partial charge in [-0.2, -0.15) is 0 Å². The van der Waals surface area contributed by atoms with Gasteiger partial charge in [0, 0.05) is 11.8 Å². The molecule has 1 aliphatic rings. The van der Waals surface area contributed by atoms with E-state index in [1.54, 1.807) is 0 Å². The maximum Gasteiger partial charge on any atom is 0.173 e. The van der Waals surface area contributed by atoms with Crippen molar-refractivity contribution in [1.29, 1.82) is 0 Å². The number of thioether (sulfide) groups is 1. The van der Waals surface area contributed by atoms with Crippen LogP contribution in [0.4, 0.5) is 4.39 Å². The number of nitrogens with zero attached hydrogens (tertiary/aromatic N) is 1. The topological polar surface area (TPSA) is 82.8 Å². The fourth-order valence-corrected chi connectivity index (χ4v) is 2.71. The van der Waals surface area contributed by atoms with Crippen molar-refractivity contribution < 1.29 is 24.4 Å². The van der Waals surface area contributed by atoms with Gasteiger partial charge in [0.25, 0.3) is 0 Å². The zero-order valence-corrected chi connectivity index (χ0v) is 10.6. The normalized spacial score (nSPS) is 32.3. The van der Waals surface area contributed by atoms with Crippen LogP contribution < -0.4 is 4.74 Å². The van der Waals surface area contributed by atoms with E-state index in [9.17, 15) is 19.7 Å². The molecule has 18 heavy (non-hydrogen) atoms. The minimum Gasteiger partial charge on any atom is -0.475 e. The zero-order valence-electron chi connectivity index (χ0n) is 9.03. The standard InChI is InChI=1S/C10H11ClFNO4S/c11-9-5(12)1-4(2-13-9)17-10-8(16)7(15)6(14)3-18-10/h1-2,6-8,10,14-16H,3H2/t6-,7+,8-,10-/m1/s1. The van der Waals surface area contributed by atoms with Gasteiger partial charge in [-0.15, -0.1) is 11.8 Å². The molecule has 1 aromatic heterocycles. The van der Waals surface area contributed by atoms with Crippen LogP contribution in [0.15, 0.2) is 12.3 Å². The largest absolute Gasteiger partial charge is 0.475 e. The van der Waals surface area contributed by atoms with Gasteiger partial charge in [0.2, 0.25) is 0 Å². The summed E-state index contributed by atoms with van der Waals surface area (Å²) in [6, 6.07) is 1.04. The van der Waals surface area contributed by atoms with E-state index in [1.165, 1.54) is 6.20 Å². The second kappa shape index (κ2) is 5.58. The van der Waals surface area contributed by atoms with Gasteiger partial charge >= 0.3 is 0 Å². The van der Waals surface area contributed by atoms with Crippen molar-refractivity contribution in [3.8, 4) is 5.75 Å². The van der Waals surface area contributed by atoms with Gasteiger partial charge in [0.05, 0.1) is 12.3 Å². The number of aliphatic hydroxyl groups excluding tert-OH is 3. The smallest absolute Gasteiger partial charge is 0.173 e. The predicted octanol–water partition coefficient (Wildman–Crippen LogP) is 0.408. The highest BCUT2D eigenvalue weighted by molar-refractivity contribution is 7.99. The molecule has 0 unspecified atom stereocenters. The number of hydrogen-bond acceptors (Lipinski definition) is 6. The maximum absolute atomic E-state index is 13.1. The Morgan fingerprint density at radius 2 is 2.11 bits per heavy atom. The molecular formula is C10H11ClFNO4S. The lowest BCUT2D eigenvalue weighted by atomic mass is 10.1. The van der Waals surface area contributed by atoms with E-state index in [2.05, 4.69) is 4.98 Å². The van der Waals surface area contributed by atoms with E-state index in [4.69, 9.17) is 16.3 Å². The molecule has 4 atom stereocenters. The summed E-state index contributed by atoms with van der Waals surface area (Å²) < 4.78 is 18.4. The molecule has 0 amide bonds. The van der Waals surface area contributed by atoms with Crippen LogP contribution in [-0.4, -0.2) is 49.8 Å². The van der Waals surface area contributed by atoms with Crippen molar-refractivity contribution in [2.24, 2.45) is 0 Å². The molecule has 0 spiro atoms. The molecule has 5 nitrogen and oxygen atoms in total. The van der Waals surface area contributed by atoms with Crippen molar-refractivity contribution in [3.63, 3.8) is 0 Å². The van der Waals surface area contributed by atoms with Gasteiger partial charge in [-0.3, -0.25) is 0 Å². The fraction of sp³-hybridized carbons (Fsp3) is 0.500. The highest BCUT2D eigenvalue weighted by Gasteiger charge is 2.38. The van der Waals surface area contributed by atoms with Crippen LogP contribution in [0.1, 0.15) is 0 Å². The Morgan fingerprint density at radius 1 is 1.39 bits per heavy atom. The third-order valence-corrected chi connectivity index (χ3v) is 3.99. The molecule has 3 N–H and O–H groups in total. The van der Waals surface area contributed by atoms with Gasteiger partial charge in [-0.05, 0) is 0 Å². The summed E-state index contributed by atoms with van der Waals surface area (Å²) in [4.78, 5) is 3.57. The third kappa shape index (κ3) is 2.86. The Hall–Kier alpha value is -0.600. The predicted molar refractivity (Wildman–Crippen MR) is 64.1 cm³/mol. The number of halogens is 2. The summed E-state index contributed by atoms with van der Waals surface area (Å²) in [5.41, 5.74) is -0.800. The van der Waals surface area contributed by atoms with Crippen LogP contribution >= 0.6 is 23.4 Å². The average Bonchev–Trinajstić information content (AvgIpc) is 2.34. The molecule has 0 aromatic carbocycles. The monoisotopic (exact) mass is 295 g/mol. The first-order valence-electron chi connectivity index (χ1n) is 5.12. The number of aliphatic hydroxyl groups is 3. The van der Waals surface area contributed by atoms with E-state index in [1.807, 2.05) is 0 Å². The van der Waals surface area contributed by atoms with E-state index >= 15 is 0 Å². The second-order valence-corrected chi connectivity index (χ2v) is 5.30. The van der Waals surface area contributed by atoms with Gasteiger partial charge in [-0.25, -0.2) is 9.37 Å². The van der Waals surface area contributed by atoms with Crippen molar-refractivity contribution in [3.05, 3.63) is 23.2 Å². The number of hydrogen-bond donors (Lipinski definition) is 3. The summed E-state index contributed by atoms with van der Waals surface area (Å²) in [6.45, 7) is 0. The number of pyridine rings is 1. The second-order valence-electron chi connectivity index (χ2n) is 3.81. The highest BCUT2D eigenvalue weighted by atomic mass is 35.5. The molecule has 2 heterocycles. The Bertz CT molecular complexity index is 438. The van der Waals surface area contributed by atoms with Crippen LogP contribution in [0.3, 0.4) is 0 Å². The number of rotatable bonds is 2. The molecule has 2 rings (SSSR count). The molecule has 1 aromatic rings. The molecule has 0 bridgehead atoms. The van der Waals surface area contributed by atoms with Crippen LogP contribution in [-0.2, 0) is 0 Å². The molecular weight excluding hydrogens is 285 g/mol. The van der Waals surface area contributed by atoms with Gasteiger partial charge in [-0.1, -0.05) is 11.6 Å².